The molecule has 3 heteroatoms. The number of thioether (sulfide) groups is 1. The van der Waals surface area contributed by atoms with Crippen LogP contribution in [0, 0.1) is 5.82 Å². The number of hydrogen-bond donors (Lipinski definition) is 0. The average molecular weight is 205 g/mol. The fourth-order valence-corrected chi connectivity index (χ4v) is 1.96. The van der Waals surface area contributed by atoms with E-state index < -0.39 is 0 Å². The summed E-state index contributed by atoms with van der Waals surface area (Å²) in [6.07, 6.45) is 1.08. The summed E-state index contributed by atoms with van der Waals surface area (Å²) in [6, 6.07) is 4.61. The molecule has 0 atom stereocenters. The van der Waals surface area contributed by atoms with Gasteiger partial charge in [-0.05, 0) is 30.4 Å². The van der Waals surface area contributed by atoms with Gasteiger partial charge in [0.05, 0.1) is 0 Å². The highest BCUT2D eigenvalue weighted by Crippen LogP contribution is 2.23. The molecular weight excluding hydrogens is 195 g/mol. The molecule has 0 bridgehead atoms. The molecule has 0 nitrogen and oxygen atoms in total. The fraction of sp³-hybridized carbons (Fsp3) is 0.333. The Morgan fingerprint density at radius 3 is 2.75 bits per heavy atom. The van der Waals surface area contributed by atoms with Crippen LogP contribution < -0.4 is 0 Å². The topological polar surface area (TPSA) is 0 Å². The Hall–Kier alpha value is -0.210. The molecule has 0 aliphatic carbocycles. The van der Waals surface area contributed by atoms with Crippen molar-refractivity contribution >= 4 is 23.4 Å². The van der Waals surface area contributed by atoms with Crippen LogP contribution in [0.2, 0.25) is 5.02 Å². The molecule has 0 aromatic heterocycles. The maximum absolute atomic E-state index is 12.8. The van der Waals surface area contributed by atoms with E-state index in [-0.39, 0.29) is 5.82 Å². The Bertz CT molecular complexity index is 242. The number of rotatable bonds is 3. The van der Waals surface area contributed by atoms with Gasteiger partial charge in [0.2, 0.25) is 0 Å². The van der Waals surface area contributed by atoms with Crippen LogP contribution in [0.3, 0.4) is 0 Å². The van der Waals surface area contributed by atoms with Crippen LogP contribution >= 0.6 is 23.4 Å². The third kappa shape index (κ3) is 3.03. The van der Waals surface area contributed by atoms with E-state index in [1.165, 1.54) is 12.1 Å². The van der Waals surface area contributed by atoms with Crippen LogP contribution in [0.15, 0.2) is 23.1 Å². The second-order valence-corrected chi connectivity index (χ2v) is 4.06. The molecule has 0 spiro atoms. The third-order valence-electron chi connectivity index (χ3n) is 1.31. The predicted molar refractivity (Wildman–Crippen MR) is 52.4 cm³/mol. The monoisotopic (exact) mass is 204 g/mol. The molecule has 0 radical (unpaired) electrons. The number of benzene rings is 1. The molecule has 0 aliphatic rings. The molecule has 0 heterocycles. The first-order chi connectivity index (χ1) is 5.72. The first-order valence-electron chi connectivity index (χ1n) is 3.81. The molecule has 66 valence electrons. The van der Waals surface area contributed by atoms with E-state index in [4.69, 9.17) is 11.6 Å². The summed E-state index contributed by atoms with van der Waals surface area (Å²) in [6.45, 7) is 2.09. The number of hydrogen-bond acceptors (Lipinski definition) is 1. The van der Waals surface area contributed by atoms with Gasteiger partial charge in [0.25, 0.3) is 0 Å². The molecule has 1 aromatic carbocycles. The lowest BCUT2D eigenvalue weighted by molar-refractivity contribution is 0.624. The van der Waals surface area contributed by atoms with Crippen LogP contribution in [0.5, 0.6) is 0 Å². The van der Waals surface area contributed by atoms with Crippen LogP contribution in [0.1, 0.15) is 13.3 Å². The zero-order chi connectivity index (χ0) is 8.97. The largest absolute Gasteiger partial charge is 0.207 e. The SMILES string of the molecule is CCCSc1cc(F)cc(Cl)c1. The van der Waals surface area contributed by atoms with Crippen molar-refractivity contribution in [1.29, 1.82) is 0 Å². The maximum atomic E-state index is 12.8. The van der Waals surface area contributed by atoms with Crippen LogP contribution in [-0.4, -0.2) is 5.75 Å². The molecule has 0 amide bonds. The van der Waals surface area contributed by atoms with Gasteiger partial charge < -0.3 is 0 Å². The Balaban J connectivity index is 2.72. The van der Waals surface area contributed by atoms with E-state index in [9.17, 15) is 4.39 Å². The molecule has 1 aromatic rings. The van der Waals surface area contributed by atoms with Crippen LogP contribution in [0.4, 0.5) is 4.39 Å². The van der Waals surface area contributed by atoms with Gasteiger partial charge in [0.1, 0.15) is 5.82 Å². The zero-order valence-corrected chi connectivity index (χ0v) is 8.38. The van der Waals surface area contributed by atoms with Gasteiger partial charge in [-0.3, -0.25) is 0 Å². The Kier molecular flexibility index (Phi) is 3.89. The fourth-order valence-electron chi connectivity index (χ4n) is 0.832. The van der Waals surface area contributed by atoms with Crippen molar-refractivity contribution in [3.8, 4) is 0 Å². The molecule has 0 aliphatic heterocycles. The van der Waals surface area contributed by atoms with Crippen LogP contribution in [-0.2, 0) is 0 Å². The lowest BCUT2D eigenvalue weighted by atomic mass is 10.3. The average Bonchev–Trinajstić information content (AvgIpc) is 1.99. The van der Waals surface area contributed by atoms with Gasteiger partial charge in [0.15, 0.2) is 0 Å². The first kappa shape index (κ1) is 9.87. The minimum atomic E-state index is -0.263. The summed E-state index contributed by atoms with van der Waals surface area (Å²) in [5.41, 5.74) is 0. The Morgan fingerprint density at radius 2 is 2.17 bits per heavy atom. The summed E-state index contributed by atoms with van der Waals surface area (Å²) < 4.78 is 12.8. The molecule has 12 heavy (non-hydrogen) atoms. The summed E-state index contributed by atoms with van der Waals surface area (Å²) in [4.78, 5) is 0.904. The predicted octanol–water partition coefficient (Wildman–Crippen LogP) is 3.98. The quantitative estimate of drug-likeness (QED) is 0.672. The smallest absolute Gasteiger partial charge is 0.125 e. The van der Waals surface area contributed by atoms with Gasteiger partial charge in [-0.25, -0.2) is 4.39 Å². The van der Waals surface area contributed by atoms with Crippen molar-refractivity contribution < 1.29 is 4.39 Å². The summed E-state index contributed by atoms with van der Waals surface area (Å²) in [5, 5.41) is 0.466. The highest BCUT2D eigenvalue weighted by atomic mass is 35.5. The lowest BCUT2D eigenvalue weighted by Crippen LogP contribution is -1.79. The molecule has 0 saturated carbocycles. The van der Waals surface area contributed by atoms with E-state index in [1.54, 1.807) is 17.8 Å². The lowest BCUT2D eigenvalue weighted by Gasteiger charge is -2.00. The van der Waals surface area contributed by atoms with Gasteiger partial charge in [0, 0.05) is 9.92 Å². The van der Waals surface area contributed by atoms with E-state index in [2.05, 4.69) is 6.92 Å². The minimum absolute atomic E-state index is 0.263. The van der Waals surface area contributed by atoms with E-state index in [0.717, 1.165) is 17.1 Å². The van der Waals surface area contributed by atoms with Crippen molar-refractivity contribution in [3.05, 3.63) is 29.0 Å². The zero-order valence-electron chi connectivity index (χ0n) is 6.81. The molecule has 0 saturated heterocycles. The minimum Gasteiger partial charge on any atom is -0.207 e. The van der Waals surface area contributed by atoms with Crippen molar-refractivity contribution in [3.63, 3.8) is 0 Å². The molecule has 0 N–H and O–H groups in total. The van der Waals surface area contributed by atoms with Gasteiger partial charge in [-0.15, -0.1) is 11.8 Å². The second kappa shape index (κ2) is 4.73. The molecule has 0 fully saturated rings. The highest BCUT2D eigenvalue weighted by molar-refractivity contribution is 7.99. The summed E-state index contributed by atoms with van der Waals surface area (Å²) in [5.74, 6) is 0.737. The van der Waals surface area contributed by atoms with Crippen molar-refractivity contribution in [1.82, 2.24) is 0 Å². The van der Waals surface area contributed by atoms with E-state index in [0.29, 0.717) is 5.02 Å². The van der Waals surface area contributed by atoms with Gasteiger partial charge in [-0.2, -0.15) is 0 Å². The van der Waals surface area contributed by atoms with Crippen LogP contribution in [0.25, 0.3) is 0 Å². The maximum Gasteiger partial charge on any atom is 0.125 e. The van der Waals surface area contributed by atoms with Crippen molar-refractivity contribution in [2.45, 2.75) is 18.2 Å². The standard InChI is InChI=1S/C9H10ClFS/c1-2-3-12-9-5-7(10)4-8(11)6-9/h4-6H,2-3H2,1H3. The van der Waals surface area contributed by atoms with Gasteiger partial charge >= 0.3 is 0 Å². The number of halogens is 2. The second-order valence-electron chi connectivity index (χ2n) is 2.45. The van der Waals surface area contributed by atoms with E-state index in [1.807, 2.05) is 0 Å². The normalized spacial score (nSPS) is 10.2. The van der Waals surface area contributed by atoms with E-state index >= 15 is 0 Å². The Morgan fingerprint density at radius 1 is 1.42 bits per heavy atom. The molecular formula is C9H10ClFS. The summed E-state index contributed by atoms with van der Waals surface area (Å²) in [7, 11) is 0. The summed E-state index contributed by atoms with van der Waals surface area (Å²) >= 11 is 7.30. The molecule has 1 rings (SSSR count). The molecule has 0 unspecified atom stereocenters. The third-order valence-corrected chi connectivity index (χ3v) is 2.71. The van der Waals surface area contributed by atoms with Crippen molar-refractivity contribution in [2.75, 3.05) is 5.75 Å². The highest BCUT2D eigenvalue weighted by Gasteiger charge is 1.98. The van der Waals surface area contributed by atoms with Crippen molar-refractivity contribution in [2.24, 2.45) is 0 Å². The first-order valence-corrected chi connectivity index (χ1v) is 5.17. The Labute approximate surface area is 81.1 Å². The van der Waals surface area contributed by atoms with Gasteiger partial charge in [-0.1, -0.05) is 18.5 Å².